The molecule has 0 aliphatic carbocycles. The van der Waals surface area contributed by atoms with E-state index in [1.807, 2.05) is 14.0 Å². The maximum Gasteiger partial charge on any atom is 0.129 e. The Hall–Kier alpha value is -1.20. The van der Waals surface area contributed by atoms with Gasteiger partial charge in [-0.25, -0.2) is 9.97 Å². The minimum absolute atomic E-state index is 0.451. The zero-order valence-electron chi connectivity index (χ0n) is 12.4. The Bertz CT molecular complexity index is 459. The van der Waals surface area contributed by atoms with E-state index < -0.39 is 0 Å². The van der Waals surface area contributed by atoms with Crippen LogP contribution in [-0.2, 0) is 4.74 Å². The number of likely N-dealkylation sites (tertiary alicyclic amines) is 1. The summed E-state index contributed by atoms with van der Waals surface area (Å²) in [5.74, 6) is 1.78. The molecule has 0 aromatic carbocycles. The normalized spacial score (nSPS) is 25.0. The van der Waals surface area contributed by atoms with Crippen LogP contribution in [0.5, 0.6) is 0 Å². The van der Waals surface area contributed by atoms with E-state index in [0.717, 1.165) is 37.7 Å². The number of rotatable bonds is 3. The van der Waals surface area contributed by atoms with Crippen LogP contribution in [0.3, 0.4) is 0 Å². The molecule has 20 heavy (non-hydrogen) atoms. The van der Waals surface area contributed by atoms with Crippen molar-refractivity contribution in [2.75, 3.05) is 32.1 Å². The number of nitrogens with zero attached hydrogens (tertiary/aromatic N) is 3. The van der Waals surface area contributed by atoms with Gasteiger partial charge in [-0.15, -0.1) is 0 Å². The highest BCUT2D eigenvalue weighted by Gasteiger charge is 2.33. The van der Waals surface area contributed by atoms with Crippen LogP contribution < -0.4 is 5.32 Å². The van der Waals surface area contributed by atoms with Crippen LogP contribution in [0.25, 0.3) is 0 Å². The lowest BCUT2D eigenvalue weighted by molar-refractivity contribution is 0.0285. The number of aromatic nitrogens is 2. The molecule has 3 rings (SSSR count). The van der Waals surface area contributed by atoms with Gasteiger partial charge in [0.15, 0.2) is 0 Å². The van der Waals surface area contributed by atoms with E-state index in [4.69, 9.17) is 4.74 Å². The van der Waals surface area contributed by atoms with E-state index in [9.17, 15) is 0 Å². The Balaban J connectivity index is 1.82. The molecule has 2 aliphatic rings. The van der Waals surface area contributed by atoms with Gasteiger partial charge in [0.2, 0.25) is 0 Å². The summed E-state index contributed by atoms with van der Waals surface area (Å²) in [6.45, 7) is 4.96. The predicted molar refractivity (Wildman–Crippen MR) is 78.8 cm³/mol. The average Bonchev–Trinajstić information content (AvgIpc) is 2.97. The highest BCUT2D eigenvalue weighted by atomic mass is 16.5. The molecule has 2 fully saturated rings. The first-order valence-electron chi connectivity index (χ1n) is 7.65. The standard InChI is InChI=1S/C15H24N4O/c1-11-17-13(10-15(16-2)18-11)14-4-3-7-19(14)12-5-8-20-9-6-12/h10,12,14H,3-9H2,1-2H3,(H,16,17,18). The van der Waals surface area contributed by atoms with Gasteiger partial charge in [-0.1, -0.05) is 0 Å². The van der Waals surface area contributed by atoms with Crippen molar-refractivity contribution in [1.82, 2.24) is 14.9 Å². The van der Waals surface area contributed by atoms with Crippen molar-refractivity contribution >= 4 is 5.82 Å². The SMILES string of the molecule is CNc1cc(C2CCCN2C2CCOCC2)nc(C)n1. The molecule has 0 amide bonds. The molecule has 1 aromatic heterocycles. The van der Waals surface area contributed by atoms with E-state index >= 15 is 0 Å². The second-order valence-corrected chi connectivity index (χ2v) is 5.71. The van der Waals surface area contributed by atoms with Crippen molar-refractivity contribution in [2.45, 2.75) is 44.7 Å². The molecular formula is C15H24N4O. The molecule has 1 atom stereocenters. The Kier molecular flexibility index (Phi) is 4.17. The number of aryl methyl sites for hydroxylation is 1. The molecule has 2 saturated heterocycles. The van der Waals surface area contributed by atoms with Gasteiger partial charge in [0, 0.05) is 32.4 Å². The Morgan fingerprint density at radius 3 is 2.80 bits per heavy atom. The van der Waals surface area contributed by atoms with Gasteiger partial charge >= 0.3 is 0 Å². The third-order valence-electron chi connectivity index (χ3n) is 4.41. The fourth-order valence-electron chi connectivity index (χ4n) is 3.45. The summed E-state index contributed by atoms with van der Waals surface area (Å²) in [4.78, 5) is 11.7. The van der Waals surface area contributed by atoms with Crippen LogP contribution >= 0.6 is 0 Å². The van der Waals surface area contributed by atoms with Crippen LogP contribution in [0.15, 0.2) is 6.07 Å². The molecular weight excluding hydrogens is 252 g/mol. The first-order valence-corrected chi connectivity index (χ1v) is 7.65. The number of anilines is 1. The zero-order chi connectivity index (χ0) is 13.9. The van der Waals surface area contributed by atoms with E-state index in [1.165, 1.54) is 25.1 Å². The Morgan fingerprint density at radius 1 is 1.25 bits per heavy atom. The lowest BCUT2D eigenvalue weighted by Gasteiger charge is -2.35. The molecule has 0 bridgehead atoms. The highest BCUT2D eigenvalue weighted by molar-refractivity contribution is 5.36. The maximum absolute atomic E-state index is 5.49. The van der Waals surface area contributed by atoms with E-state index in [0.29, 0.717) is 12.1 Å². The number of nitrogens with one attached hydrogen (secondary N) is 1. The van der Waals surface area contributed by atoms with Crippen LogP contribution in [-0.4, -0.2) is 47.7 Å². The van der Waals surface area contributed by atoms with Crippen molar-refractivity contribution in [2.24, 2.45) is 0 Å². The van der Waals surface area contributed by atoms with E-state index in [1.54, 1.807) is 0 Å². The summed E-state index contributed by atoms with van der Waals surface area (Å²) in [5, 5.41) is 3.14. The quantitative estimate of drug-likeness (QED) is 0.916. The third-order valence-corrected chi connectivity index (χ3v) is 4.41. The molecule has 0 radical (unpaired) electrons. The fourth-order valence-corrected chi connectivity index (χ4v) is 3.45. The summed E-state index contributed by atoms with van der Waals surface area (Å²) in [7, 11) is 1.91. The van der Waals surface area contributed by atoms with Crippen molar-refractivity contribution in [3.63, 3.8) is 0 Å². The van der Waals surface area contributed by atoms with E-state index in [2.05, 4.69) is 26.3 Å². The second-order valence-electron chi connectivity index (χ2n) is 5.71. The minimum Gasteiger partial charge on any atom is -0.381 e. The summed E-state index contributed by atoms with van der Waals surface area (Å²) in [5.41, 5.74) is 1.17. The Morgan fingerprint density at radius 2 is 2.05 bits per heavy atom. The van der Waals surface area contributed by atoms with Gasteiger partial charge in [0.05, 0.1) is 11.7 Å². The predicted octanol–water partition coefficient (Wildman–Crippen LogP) is 2.14. The van der Waals surface area contributed by atoms with Gasteiger partial charge in [-0.2, -0.15) is 0 Å². The molecule has 1 unspecified atom stereocenters. The largest absolute Gasteiger partial charge is 0.381 e. The summed E-state index contributed by atoms with van der Waals surface area (Å²) in [6.07, 6.45) is 4.77. The van der Waals surface area contributed by atoms with Crippen LogP contribution in [0.1, 0.15) is 43.2 Å². The summed E-state index contributed by atoms with van der Waals surface area (Å²) in [6, 6.07) is 3.21. The van der Waals surface area contributed by atoms with Crippen molar-refractivity contribution in [1.29, 1.82) is 0 Å². The lowest BCUT2D eigenvalue weighted by Crippen LogP contribution is -2.39. The first kappa shape index (κ1) is 13.8. The maximum atomic E-state index is 5.49. The molecule has 110 valence electrons. The Labute approximate surface area is 120 Å². The van der Waals surface area contributed by atoms with Crippen molar-refractivity contribution < 1.29 is 4.74 Å². The third kappa shape index (κ3) is 2.79. The number of ether oxygens (including phenoxy) is 1. The lowest BCUT2D eigenvalue weighted by atomic mass is 10.0. The van der Waals surface area contributed by atoms with Crippen LogP contribution in [0, 0.1) is 6.92 Å². The minimum atomic E-state index is 0.451. The molecule has 0 saturated carbocycles. The van der Waals surface area contributed by atoms with Crippen LogP contribution in [0.2, 0.25) is 0 Å². The van der Waals surface area contributed by atoms with Crippen molar-refractivity contribution in [3.05, 3.63) is 17.6 Å². The second kappa shape index (κ2) is 6.06. The average molecular weight is 276 g/mol. The van der Waals surface area contributed by atoms with Gasteiger partial charge in [0.1, 0.15) is 11.6 Å². The molecule has 5 heteroatoms. The number of hydrogen-bond acceptors (Lipinski definition) is 5. The molecule has 5 nitrogen and oxygen atoms in total. The van der Waals surface area contributed by atoms with Gasteiger partial charge in [-0.05, 0) is 39.2 Å². The van der Waals surface area contributed by atoms with E-state index in [-0.39, 0.29) is 0 Å². The zero-order valence-corrected chi connectivity index (χ0v) is 12.4. The molecule has 1 N–H and O–H groups in total. The van der Waals surface area contributed by atoms with Gasteiger partial charge in [0.25, 0.3) is 0 Å². The van der Waals surface area contributed by atoms with Crippen LogP contribution in [0.4, 0.5) is 5.82 Å². The molecule has 1 aromatic rings. The van der Waals surface area contributed by atoms with Crippen molar-refractivity contribution in [3.8, 4) is 0 Å². The topological polar surface area (TPSA) is 50.3 Å². The monoisotopic (exact) mass is 276 g/mol. The smallest absolute Gasteiger partial charge is 0.129 e. The van der Waals surface area contributed by atoms with Gasteiger partial charge in [-0.3, -0.25) is 4.90 Å². The molecule has 0 spiro atoms. The highest BCUT2D eigenvalue weighted by Crippen LogP contribution is 2.35. The summed E-state index contributed by atoms with van der Waals surface area (Å²) < 4.78 is 5.49. The summed E-state index contributed by atoms with van der Waals surface area (Å²) >= 11 is 0. The first-order chi connectivity index (χ1) is 9.78. The van der Waals surface area contributed by atoms with Gasteiger partial charge < -0.3 is 10.1 Å². The molecule has 2 aliphatic heterocycles. The number of hydrogen-bond donors (Lipinski definition) is 1. The molecule has 3 heterocycles. The fraction of sp³-hybridized carbons (Fsp3) is 0.733.